The zero-order valence-electron chi connectivity index (χ0n) is 8.72. The van der Waals surface area contributed by atoms with Crippen molar-refractivity contribution in [2.75, 3.05) is 5.32 Å². The predicted octanol–water partition coefficient (Wildman–Crippen LogP) is 4.08. The van der Waals surface area contributed by atoms with Gasteiger partial charge in [-0.15, -0.1) is 0 Å². The molecule has 0 amide bonds. The summed E-state index contributed by atoms with van der Waals surface area (Å²) in [4.78, 5) is 3.86. The van der Waals surface area contributed by atoms with E-state index in [0.717, 1.165) is 18.5 Å². The second-order valence-corrected chi connectivity index (χ2v) is 4.88. The van der Waals surface area contributed by atoms with Crippen LogP contribution in [0.1, 0.15) is 25.7 Å². The summed E-state index contributed by atoms with van der Waals surface area (Å²) in [5.41, 5.74) is 0.809. The Kier molecular flexibility index (Phi) is 3.87. The van der Waals surface area contributed by atoms with Crippen molar-refractivity contribution < 1.29 is 4.39 Å². The number of rotatable bonds is 2. The first-order chi connectivity index (χ1) is 7.63. The summed E-state index contributed by atoms with van der Waals surface area (Å²) >= 11 is 11.6. The molecule has 0 bridgehead atoms. The number of nitrogens with zero attached hydrogens (tertiary/aromatic N) is 1. The van der Waals surface area contributed by atoms with Gasteiger partial charge in [-0.2, -0.15) is 0 Å². The van der Waals surface area contributed by atoms with Crippen LogP contribution in [0.5, 0.6) is 0 Å². The number of aromatic nitrogens is 1. The number of anilines is 1. The molecule has 2 atom stereocenters. The second kappa shape index (κ2) is 5.19. The lowest BCUT2D eigenvalue weighted by atomic mass is 9.94. The van der Waals surface area contributed by atoms with Crippen LogP contribution < -0.4 is 5.32 Å². The Hall–Kier alpha value is -0.540. The summed E-state index contributed by atoms with van der Waals surface area (Å²) in [6.07, 6.45) is 2.44. The van der Waals surface area contributed by atoms with E-state index in [1.165, 1.54) is 0 Å². The minimum absolute atomic E-state index is 0.165. The molecule has 88 valence electrons. The first-order valence-corrected chi connectivity index (χ1v) is 6.13. The van der Waals surface area contributed by atoms with Crippen LogP contribution in [0.25, 0.3) is 0 Å². The van der Waals surface area contributed by atoms with Crippen LogP contribution >= 0.6 is 23.2 Å². The Morgan fingerprint density at radius 2 is 1.94 bits per heavy atom. The molecule has 0 aliphatic heterocycles. The van der Waals surface area contributed by atoms with Crippen LogP contribution in [-0.4, -0.2) is 17.2 Å². The fourth-order valence-electron chi connectivity index (χ4n) is 2.05. The predicted molar refractivity (Wildman–Crippen MR) is 65.0 cm³/mol. The Balaban J connectivity index is 2.02. The SMILES string of the molecule is FC1CCCC(Nc2cc(Cl)nc(Cl)c2)C1. The third-order valence-electron chi connectivity index (χ3n) is 2.74. The molecule has 2 nitrogen and oxygen atoms in total. The Morgan fingerprint density at radius 3 is 2.56 bits per heavy atom. The monoisotopic (exact) mass is 262 g/mol. The molecular weight excluding hydrogens is 250 g/mol. The molecule has 1 aromatic heterocycles. The molecule has 2 unspecified atom stereocenters. The van der Waals surface area contributed by atoms with E-state index in [-0.39, 0.29) is 6.04 Å². The highest BCUT2D eigenvalue weighted by Gasteiger charge is 2.21. The summed E-state index contributed by atoms with van der Waals surface area (Å²) in [7, 11) is 0. The molecule has 5 heteroatoms. The first kappa shape index (κ1) is 11.9. The number of nitrogens with one attached hydrogen (secondary N) is 1. The molecule has 1 saturated carbocycles. The zero-order valence-corrected chi connectivity index (χ0v) is 10.2. The summed E-state index contributed by atoms with van der Waals surface area (Å²) in [6.45, 7) is 0. The maximum Gasteiger partial charge on any atom is 0.132 e. The van der Waals surface area contributed by atoms with E-state index in [4.69, 9.17) is 23.2 Å². The Labute approximate surface area is 104 Å². The number of hydrogen-bond acceptors (Lipinski definition) is 2. The number of alkyl halides is 1. The van der Waals surface area contributed by atoms with Gasteiger partial charge >= 0.3 is 0 Å². The van der Waals surface area contributed by atoms with Gasteiger partial charge in [-0.05, 0) is 37.8 Å². The highest BCUT2D eigenvalue weighted by atomic mass is 35.5. The molecule has 1 aliphatic rings. The van der Waals surface area contributed by atoms with E-state index < -0.39 is 6.17 Å². The van der Waals surface area contributed by atoms with Crippen molar-refractivity contribution in [3.8, 4) is 0 Å². The quantitative estimate of drug-likeness (QED) is 0.813. The van der Waals surface area contributed by atoms with E-state index in [0.29, 0.717) is 23.1 Å². The fourth-order valence-corrected chi connectivity index (χ4v) is 2.51. The molecule has 0 spiro atoms. The molecule has 1 heterocycles. The molecule has 0 saturated heterocycles. The Morgan fingerprint density at radius 1 is 1.25 bits per heavy atom. The summed E-state index contributed by atoms with van der Waals surface area (Å²) < 4.78 is 13.2. The van der Waals surface area contributed by atoms with Crippen molar-refractivity contribution in [3.63, 3.8) is 0 Å². The van der Waals surface area contributed by atoms with Crippen LogP contribution in [0, 0.1) is 0 Å². The highest BCUT2D eigenvalue weighted by molar-refractivity contribution is 6.32. The lowest BCUT2D eigenvalue weighted by molar-refractivity contribution is 0.239. The van der Waals surface area contributed by atoms with Gasteiger partial charge in [0.25, 0.3) is 0 Å². The minimum Gasteiger partial charge on any atom is -0.382 e. The van der Waals surface area contributed by atoms with Crippen LogP contribution in [-0.2, 0) is 0 Å². The highest BCUT2D eigenvalue weighted by Crippen LogP contribution is 2.26. The van der Waals surface area contributed by atoms with Gasteiger partial charge in [0.1, 0.15) is 16.5 Å². The normalized spacial score (nSPS) is 25.4. The maximum absolute atomic E-state index is 13.2. The molecule has 1 N–H and O–H groups in total. The summed E-state index contributed by atoms with van der Waals surface area (Å²) in [6, 6.07) is 3.57. The summed E-state index contributed by atoms with van der Waals surface area (Å²) in [5, 5.41) is 3.94. The number of pyridine rings is 1. The van der Waals surface area contributed by atoms with E-state index >= 15 is 0 Å². The molecule has 0 radical (unpaired) electrons. The van der Waals surface area contributed by atoms with E-state index in [1.54, 1.807) is 12.1 Å². The van der Waals surface area contributed by atoms with Gasteiger partial charge in [0, 0.05) is 11.7 Å². The van der Waals surface area contributed by atoms with Crippen molar-refractivity contribution >= 4 is 28.9 Å². The number of halogens is 3. The standard InChI is InChI=1S/C11H13Cl2FN2/c12-10-5-9(6-11(13)16-10)15-8-3-1-2-7(14)4-8/h5-8H,1-4H2,(H,15,16). The Bertz CT molecular complexity index is 353. The average molecular weight is 263 g/mol. The summed E-state index contributed by atoms with van der Waals surface area (Å²) in [5.74, 6) is 0. The topological polar surface area (TPSA) is 24.9 Å². The van der Waals surface area contributed by atoms with Gasteiger partial charge in [-0.25, -0.2) is 9.37 Å². The minimum atomic E-state index is -0.695. The van der Waals surface area contributed by atoms with Gasteiger partial charge in [-0.3, -0.25) is 0 Å². The smallest absolute Gasteiger partial charge is 0.132 e. The van der Waals surface area contributed by atoms with Crippen molar-refractivity contribution in [2.24, 2.45) is 0 Å². The van der Waals surface area contributed by atoms with Crippen LogP contribution in [0.3, 0.4) is 0 Å². The molecule has 1 fully saturated rings. The van der Waals surface area contributed by atoms with Gasteiger partial charge in [0.2, 0.25) is 0 Å². The largest absolute Gasteiger partial charge is 0.382 e. The van der Waals surface area contributed by atoms with Crippen molar-refractivity contribution in [1.82, 2.24) is 4.98 Å². The van der Waals surface area contributed by atoms with E-state index in [1.807, 2.05) is 0 Å². The second-order valence-electron chi connectivity index (χ2n) is 4.11. The molecular formula is C11H13Cl2FN2. The maximum atomic E-state index is 13.2. The number of hydrogen-bond donors (Lipinski definition) is 1. The fraction of sp³-hybridized carbons (Fsp3) is 0.545. The average Bonchev–Trinajstić information content (AvgIpc) is 2.15. The van der Waals surface area contributed by atoms with Crippen LogP contribution in [0.2, 0.25) is 10.3 Å². The van der Waals surface area contributed by atoms with Crippen LogP contribution in [0.15, 0.2) is 12.1 Å². The van der Waals surface area contributed by atoms with Crippen molar-refractivity contribution in [1.29, 1.82) is 0 Å². The zero-order chi connectivity index (χ0) is 11.5. The molecule has 1 aromatic rings. The van der Waals surface area contributed by atoms with Crippen molar-refractivity contribution in [2.45, 2.75) is 37.9 Å². The van der Waals surface area contributed by atoms with E-state index in [2.05, 4.69) is 10.3 Å². The lowest BCUT2D eigenvalue weighted by Gasteiger charge is -2.26. The molecule has 16 heavy (non-hydrogen) atoms. The van der Waals surface area contributed by atoms with Gasteiger partial charge < -0.3 is 5.32 Å². The van der Waals surface area contributed by atoms with Crippen molar-refractivity contribution in [3.05, 3.63) is 22.4 Å². The lowest BCUT2D eigenvalue weighted by Crippen LogP contribution is -2.28. The molecule has 0 aromatic carbocycles. The third kappa shape index (κ3) is 3.22. The van der Waals surface area contributed by atoms with E-state index in [9.17, 15) is 4.39 Å². The van der Waals surface area contributed by atoms with Gasteiger partial charge in [0.05, 0.1) is 0 Å². The van der Waals surface area contributed by atoms with Gasteiger partial charge in [-0.1, -0.05) is 23.2 Å². The van der Waals surface area contributed by atoms with Gasteiger partial charge in [0.15, 0.2) is 0 Å². The molecule has 2 rings (SSSR count). The third-order valence-corrected chi connectivity index (χ3v) is 3.13. The first-order valence-electron chi connectivity index (χ1n) is 5.37. The van der Waals surface area contributed by atoms with Crippen LogP contribution in [0.4, 0.5) is 10.1 Å². The molecule has 1 aliphatic carbocycles.